The van der Waals surface area contributed by atoms with Crippen LogP contribution in [-0.2, 0) is 0 Å². The van der Waals surface area contributed by atoms with Crippen LogP contribution in [0.5, 0.6) is 0 Å². The molecule has 1 aromatic rings. The summed E-state index contributed by atoms with van der Waals surface area (Å²) in [6.45, 7) is 9.28. The van der Waals surface area contributed by atoms with Gasteiger partial charge in [0, 0.05) is 0 Å². The van der Waals surface area contributed by atoms with Gasteiger partial charge in [-0.25, -0.2) is 0 Å². The topological polar surface area (TPSA) is 0 Å². The van der Waals surface area contributed by atoms with Gasteiger partial charge in [0.2, 0.25) is 0 Å². The Morgan fingerprint density at radius 2 is 1.87 bits per heavy atom. The summed E-state index contributed by atoms with van der Waals surface area (Å²) in [7, 11) is 0. The standard InChI is InChI=1S/C15H22/c1-10(2)13-8-6-12(4)14-7-5-11(3)9-15(13)14/h5,7,9-10,12-13H,6,8H2,1-4H3/t12-,13+/m1/s1. The molecule has 0 fully saturated rings. The van der Waals surface area contributed by atoms with Crippen LogP contribution in [0.25, 0.3) is 0 Å². The fourth-order valence-corrected chi connectivity index (χ4v) is 2.90. The zero-order valence-corrected chi connectivity index (χ0v) is 10.4. The van der Waals surface area contributed by atoms with Crippen LogP contribution in [0.15, 0.2) is 18.2 Å². The number of hydrogen-bond donors (Lipinski definition) is 0. The summed E-state index contributed by atoms with van der Waals surface area (Å²) in [6, 6.07) is 7.03. The van der Waals surface area contributed by atoms with Gasteiger partial charge >= 0.3 is 0 Å². The van der Waals surface area contributed by atoms with Crippen molar-refractivity contribution in [2.75, 3.05) is 0 Å². The molecule has 0 aromatic heterocycles. The van der Waals surface area contributed by atoms with Crippen molar-refractivity contribution >= 4 is 0 Å². The fourth-order valence-electron chi connectivity index (χ4n) is 2.90. The fraction of sp³-hybridized carbons (Fsp3) is 0.600. The van der Waals surface area contributed by atoms with Crippen LogP contribution in [0, 0.1) is 12.8 Å². The third kappa shape index (κ3) is 1.95. The van der Waals surface area contributed by atoms with Crippen LogP contribution in [0.4, 0.5) is 0 Å². The van der Waals surface area contributed by atoms with Crippen molar-refractivity contribution < 1.29 is 0 Å². The zero-order valence-electron chi connectivity index (χ0n) is 10.4. The summed E-state index contributed by atoms with van der Waals surface area (Å²) < 4.78 is 0. The summed E-state index contributed by atoms with van der Waals surface area (Å²) >= 11 is 0. The lowest BCUT2D eigenvalue weighted by molar-refractivity contribution is 0.410. The maximum atomic E-state index is 2.41. The Kier molecular flexibility index (Phi) is 2.86. The molecule has 0 saturated heterocycles. The molecule has 15 heavy (non-hydrogen) atoms. The number of fused-ring (bicyclic) bond motifs is 1. The van der Waals surface area contributed by atoms with Crippen molar-refractivity contribution in [3.8, 4) is 0 Å². The van der Waals surface area contributed by atoms with E-state index < -0.39 is 0 Å². The number of hydrogen-bond acceptors (Lipinski definition) is 0. The lowest BCUT2D eigenvalue weighted by Crippen LogP contribution is -2.17. The molecule has 0 saturated carbocycles. The van der Waals surface area contributed by atoms with E-state index in [1.54, 1.807) is 11.1 Å². The van der Waals surface area contributed by atoms with E-state index in [1.807, 2.05) is 0 Å². The molecule has 0 unspecified atom stereocenters. The molecule has 2 rings (SSSR count). The van der Waals surface area contributed by atoms with Gasteiger partial charge in [0.15, 0.2) is 0 Å². The van der Waals surface area contributed by atoms with Gasteiger partial charge in [-0.2, -0.15) is 0 Å². The summed E-state index contributed by atoms with van der Waals surface area (Å²) in [5.74, 6) is 2.32. The molecule has 0 nitrogen and oxygen atoms in total. The smallest absolute Gasteiger partial charge is 0.0136 e. The van der Waals surface area contributed by atoms with E-state index >= 15 is 0 Å². The lowest BCUT2D eigenvalue weighted by Gasteiger charge is -2.32. The molecule has 0 amide bonds. The minimum Gasteiger partial charge on any atom is -0.0622 e. The molecule has 0 heterocycles. The van der Waals surface area contributed by atoms with Crippen LogP contribution < -0.4 is 0 Å². The van der Waals surface area contributed by atoms with Gasteiger partial charge < -0.3 is 0 Å². The molecule has 1 aromatic carbocycles. The van der Waals surface area contributed by atoms with E-state index in [1.165, 1.54) is 18.4 Å². The highest BCUT2D eigenvalue weighted by Crippen LogP contribution is 2.42. The molecule has 2 atom stereocenters. The van der Waals surface area contributed by atoms with Crippen molar-refractivity contribution in [2.45, 2.75) is 52.4 Å². The maximum absolute atomic E-state index is 2.41. The molecule has 82 valence electrons. The molecular formula is C15H22. The van der Waals surface area contributed by atoms with Crippen LogP contribution >= 0.6 is 0 Å². The summed E-state index contributed by atoms with van der Waals surface area (Å²) in [5.41, 5.74) is 4.64. The average Bonchev–Trinajstić information content (AvgIpc) is 2.17. The number of rotatable bonds is 1. The van der Waals surface area contributed by atoms with E-state index in [4.69, 9.17) is 0 Å². The Labute approximate surface area is 93.7 Å². The van der Waals surface area contributed by atoms with Crippen molar-refractivity contribution in [2.24, 2.45) is 5.92 Å². The van der Waals surface area contributed by atoms with Gasteiger partial charge in [-0.1, -0.05) is 44.5 Å². The number of aryl methyl sites for hydroxylation is 1. The van der Waals surface area contributed by atoms with E-state index in [0.717, 1.165) is 17.8 Å². The zero-order chi connectivity index (χ0) is 11.0. The summed E-state index contributed by atoms with van der Waals surface area (Å²) in [5, 5.41) is 0. The Balaban J connectivity index is 2.46. The molecular weight excluding hydrogens is 180 g/mol. The van der Waals surface area contributed by atoms with Crippen molar-refractivity contribution in [1.29, 1.82) is 0 Å². The van der Waals surface area contributed by atoms with Crippen molar-refractivity contribution in [1.82, 2.24) is 0 Å². The largest absolute Gasteiger partial charge is 0.0622 e. The minimum absolute atomic E-state index is 0.760. The molecule has 0 heteroatoms. The van der Waals surface area contributed by atoms with Crippen molar-refractivity contribution in [3.05, 3.63) is 34.9 Å². The first kappa shape index (κ1) is 10.7. The first-order valence-electron chi connectivity index (χ1n) is 6.20. The second-order valence-corrected chi connectivity index (χ2v) is 5.46. The highest BCUT2D eigenvalue weighted by Gasteiger charge is 2.26. The second-order valence-electron chi connectivity index (χ2n) is 5.46. The predicted octanol–water partition coefficient (Wildman–Crippen LogP) is 4.63. The summed E-state index contributed by atoms with van der Waals surface area (Å²) in [4.78, 5) is 0. The molecule has 0 N–H and O–H groups in total. The van der Waals surface area contributed by atoms with Gasteiger partial charge in [0.1, 0.15) is 0 Å². The first-order valence-corrected chi connectivity index (χ1v) is 6.20. The quantitative estimate of drug-likeness (QED) is 0.622. The highest BCUT2D eigenvalue weighted by atomic mass is 14.3. The lowest BCUT2D eigenvalue weighted by atomic mass is 9.73. The molecule has 0 aliphatic heterocycles. The highest BCUT2D eigenvalue weighted by molar-refractivity contribution is 5.38. The van der Waals surface area contributed by atoms with Crippen molar-refractivity contribution in [3.63, 3.8) is 0 Å². The molecule has 0 spiro atoms. The van der Waals surface area contributed by atoms with E-state index in [9.17, 15) is 0 Å². The molecule has 0 bridgehead atoms. The SMILES string of the molecule is Cc1ccc2c(c1)[C@H](C(C)C)CC[C@H]2C. The van der Waals surface area contributed by atoms with Crippen LogP contribution in [0.1, 0.15) is 62.1 Å². The summed E-state index contributed by atoms with van der Waals surface area (Å²) in [6.07, 6.45) is 2.73. The average molecular weight is 202 g/mol. The van der Waals surface area contributed by atoms with Gasteiger partial charge in [-0.3, -0.25) is 0 Å². The Bertz CT molecular complexity index is 349. The first-order chi connectivity index (χ1) is 7.09. The van der Waals surface area contributed by atoms with Gasteiger partial charge in [-0.05, 0) is 48.6 Å². The van der Waals surface area contributed by atoms with E-state index in [-0.39, 0.29) is 0 Å². The van der Waals surface area contributed by atoms with E-state index in [0.29, 0.717) is 0 Å². The van der Waals surface area contributed by atoms with Gasteiger partial charge in [0.05, 0.1) is 0 Å². The predicted molar refractivity (Wildman–Crippen MR) is 66.4 cm³/mol. The maximum Gasteiger partial charge on any atom is -0.0136 e. The Morgan fingerprint density at radius 3 is 2.53 bits per heavy atom. The van der Waals surface area contributed by atoms with E-state index in [2.05, 4.69) is 45.9 Å². The van der Waals surface area contributed by atoms with Crippen LogP contribution in [-0.4, -0.2) is 0 Å². The minimum atomic E-state index is 0.760. The normalized spacial score (nSPS) is 25.4. The van der Waals surface area contributed by atoms with Crippen LogP contribution in [0.3, 0.4) is 0 Å². The number of benzene rings is 1. The third-order valence-corrected chi connectivity index (χ3v) is 3.89. The third-order valence-electron chi connectivity index (χ3n) is 3.89. The Morgan fingerprint density at radius 1 is 1.13 bits per heavy atom. The molecule has 1 aliphatic rings. The van der Waals surface area contributed by atoms with Crippen LogP contribution in [0.2, 0.25) is 0 Å². The van der Waals surface area contributed by atoms with Gasteiger partial charge in [-0.15, -0.1) is 0 Å². The van der Waals surface area contributed by atoms with Gasteiger partial charge in [0.25, 0.3) is 0 Å². The second kappa shape index (κ2) is 4.00. The Hall–Kier alpha value is -0.780. The molecule has 0 radical (unpaired) electrons. The molecule has 1 aliphatic carbocycles. The monoisotopic (exact) mass is 202 g/mol.